The number of rotatable bonds is 58. The number of phosphoric ester groups is 1. The second kappa shape index (κ2) is 57.9. The van der Waals surface area contributed by atoms with Crippen molar-refractivity contribution in [2.45, 2.75) is 283 Å². The van der Waals surface area contributed by atoms with Crippen molar-refractivity contribution in [3.8, 4) is 0 Å². The third-order valence-corrected chi connectivity index (χ3v) is 14.7. The number of nitrogens with zero attached hydrogens (tertiary/aromatic N) is 1. The van der Waals surface area contributed by atoms with Crippen molar-refractivity contribution in [3.05, 3.63) is 85.1 Å². The molecule has 2 unspecified atom stereocenters. The molecule has 0 rings (SSSR count). The highest BCUT2D eigenvalue weighted by Crippen LogP contribution is 2.43. The van der Waals surface area contributed by atoms with E-state index in [1.807, 2.05) is 21.1 Å². The van der Waals surface area contributed by atoms with Gasteiger partial charge in [-0.2, -0.15) is 0 Å². The summed E-state index contributed by atoms with van der Waals surface area (Å²) in [6.07, 6.45) is 78.3. The minimum atomic E-state index is -4.41. The highest BCUT2D eigenvalue weighted by atomic mass is 31.2. The average molecular weight is 1100 g/mol. The van der Waals surface area contributed by atoms with Crippen molar-refractivity contribution < 1.29 is 42.1 Å². The van der Waals surface area contributed by atoms with Gasteiger partial charge in [-0.3, -0.25) is 18.6 Å². The second-order valence-corrected chi connectivity index (χ2v) is 23.9. The molecule has 0 aliphatic heterocycles. The zero-order valence-electron chi connectivity index (χ0n) is 50.7. The molecule has 0 heterocycles. The third kappa shape index (κ3) is 62.3. The molecule has 446 valence electrons. The Bertz CT molecular complexity index is 1580. The topological polar surface area (TPSA) is 108 Å². The monoisotopic (exact) mass is 1100 g/mol. The minimum Gasteiger partial charge on any atom is -0.462 e. The SMILES string of the molecule is CC/C=C\C/C=C\C/C=C\C/C=C\C/C=C\C/C=C\C/C=C\CCCC(=O)OC(COC(=O)CCCCCCCCCCCCCCCCCCCCCCCCCCCCCCCC)COP(=O)(O)OCC[N+](C)(C)C. The largest absolute Gasteiger partial charge is 0.472 e. The van der Waals surface area contributed by atoms with E-state index in [1.165, 1.54) is 173 Å². The van der Waals surface area contributed by atoms with E-state index < -0.39 is 26.5 Å². The number of phosphoric acid groups is 1. The number of likely N-dealkylation sites (N-methyl/N-ethyl adjacent to an activating group) is 1. The van der Waals surface area contributed by atoms with Gasteiger partial charge in [-0.25, -0.2) is 4.57 Å². The van der Waals surface area contributed by atoms with Crippen molar-refractivity contribution in [2.24, 2.45) is 0 Å². The first-order valence-electron chi connectivity index (χ1n) is 31.8. The van der Waals surface area contributed by atoms with Gasteiger partial charge in [-0.05, 0) is 64.2 Å². The second-order valence-electron chi connectivity index (χ2n) is 22.4. The van der Waals surface area contributed by atoms with Crippen LogP contribution in [-0.2, 0) is 32.7 Å². The summed E-state index contributed by atoms with van der Waals surface area (Å²) in [7, 11) is 1.44. The number of hydrogen-bond acceptors (Lipinski definition) is 7. The fourth-order valence-corrected chi connectivity index (χ4v) is 9.57. The molecular formula is C67H121NO8P+. The molecule has 77 heavy (non-hydrogen) atoms. The Balaban J connectivity index is 4.14. The molecule has 0 aliphatic rings. The molecule has 10 heteroatoms. The minimum absolute atomic E-state index is 0.0179. The summed E-state index contributed by atoms with van der Waals surface area (Å²) >= 11 is 0. The lowest BCUT2D eigenvalue weighted by molar-refractivity contribution is -0.870. The predicted octanol–water partition coefficient (Wildman–Crippen LogP) is 20.2. The van der Waals surface area contributed by atoms with Crippen LogP contribution in [0.4, 0.5) is 0 Å². The maximum atomic E-state index is 12.8. The van der Waals surface area contributed by atoms with Crippen LogP contribution in [-0.4, -0.2) is 74.9 Å². The van der Waals surface area contributed by atoms with Crippen molar-refractivity contribution in [3.63, 3.8) is 0 Å². The summed E-state index contributed by atoms with van der Waals surface area (Å²) in [6, 6.07) is 0. The van der Waals surface area contributed by atoms with Gasteiger partial charge in [0.05, 0.1) is 27.7 Å². The number of esters is 2. The van der Waals surface area contributed by atoms with Gasteiger partial charge >= 0.3 is 19.8 Å². The molecule has 0 aliphatic carbocycles. The Morgan fingerprint density at radius 1 is 0.416 bits per heavy atom. The van der Waals surface area contributed by atoms with Crippen LogP contribution in [0.5, 0.6) is 0 Å². The Hall–Kier alpha value is -2.81. The molecule has 0 saturated carbocycles. The van der Waals surface area contributed by atoms with Crippen molar-refractivity contribution in [2.75, 3.05) is 47.5 Å². The van der Waals surface area contributed by atoms with Gasteiger partial charge in [-0.15, -0.1) is 0 Å². The van der Waals surface area contributed by atoms with E-state index in [0.29, 0.717) is 23.9 Å². The molecule has 1 N–H and O–H groups in total. The zero-order valence-corrected chi connectivity index (χ0v) is 51.6. The fraction of sp³-hybridized carbons (Fsp3) is 0.761. The van der Waals surface area contributed by atoms with Crippen LogP contribution in [0.2, 0.25) is 0 Å². The molecule has 0 fully saturated rings. The van der Waals surface area contributed by atoms with E-state index in [4.69, 9.17) is 18.5 Å². The predicted molar refractivity (Wildman–Crippen MR) is 330 cm³/mol. The maximum Gasteiger partial charge on any atom is 0.472 e. The van der Waals surface area contributed by atoms with Gasteiger partial charge in [0, 0.05) is 12.8 Å². The van der Waals surface area contributed by atoms with Gasteiger partial charge in [0.25, 0.3) is 0 Å². The molecule has 0 aromatic heterocycles. The Morgan fingerprint density at radius 3 is 1.09 bits per heavy atom. The van der Waals surface area contributed by atoms with Gasteiger partial charge in [0.15, 0.2) is 6.10 Å². The van der Waals surface area contributed by atoms with E-state index in [9.17, 15) is 19.0 Å². The summed E-state index contributed by atoms with van der Waals surface area (Å²) in [4.78, 5) is 35.7. The molecule has 0 spiro atoms. The van der Waals surface area contributed by atoms with Gasteiger partial charge in [0.2, 0.25) is 0 Å². The first kappa shape index (κ1) is 74.2. The first-order valence-corrected chi connectivity index (χ1v) is 33.3. The van der Waals surface area contributed by atoms with Gasteiger partial charge in [0.1, 0.15) is 19.8 Å². The standard InChI is InChI=1S/C67H120NO8P/c1-6-8-10-12-14-16-18-20-22-24-26-28-30-31-32-33-34-35-36-38-39-41-43-45-47-49-51-53-55-57-59-66(69)73-63-65(64-75-77(71,72)74-62-61-68(3,4)5)76-67(70)60-58-56-54-52-50-48-46-44-42-40-37-29-27-25-23-21-19-17-15-13-11-9-7-2/h9,11,15,17,21,23,27,29,40,42,46,48,52,54,65H,6-8,10,12-14,16,18-20,22,24-26,28,30-39,41,43-45,47,49-51,53,55-64H2,1-5H3/p+1/b11-9-,17-15-,23-21-,29-27-,42-40-,48-46-,54-52-. The third-order valence-electron chi connectivity index (χ3n) is 13.7. The molecule has 2 atom stereocenters. The van der Waals surface area contributed by atoms with Crippen LogP contribution in [0.15, 0.2) is 85.1 Å². The van der Waals surface area contributed by atoms with Crippen LogP contribution in [0.25, 0.3) is 0 Å². The van der Waals surface area contributed by atoms with E-state index in [-0.39, 0.29) is 32.0 Å². The quantitative estimate of drug-likeness (QED) is 0.0211. The summed E-state index contributed by atoms with van der Waals surface area (Å²) in [6.45, 7) is 4.28. The molecule has 0 bridgehead atoms. The summed E-state index contributed by atoms with van der Waals surface area (Å²) in [5, 5.41) is 0. The summed E-state index contributed by atoms with van der Waals surface area (Å²) in [5.74, 6) is -0.862. The van der Waals surface area contributed by atoms with E-state index >= 15 is 0 Å². The number of carbonyl (C=O) groups is 2. The van der Waals surface area contributed by atoms with Crippen molar-refractivity contribution in [1.82, 2.24) is 0 Å². The van der Waals surface area contributed by atoms with Crippen LogP contribution in [0.1, 0.15) is 277 Å². The lowest BCUT2D eigenvalue weighted by Crippen LogP contribution is -2.37. The smallest absolute Gasteiger partial charge is 0.462 e. The highest BCUT2D eigenvalue weighted by Gasteiger charge is 2.27. The van der Waals surface area contributed by atoms with Crippen LogP contribution in [0.3, 0.4) is 0 Å². The van der Waals surface area contributed by atoms with Crippen LogP contribution in [0, 0.1) is 0 Å². The number of quaternary nitrogens is 1. The maximum absolute atomic E-state index is 12.8. The Morgan fingerprint density at radius 2 is 0.740 bits per heavy atom. The fourth-order valence-electron chi connectivity index (χ4n) is 8.83. The number of hydrogen-bond donors (Lipinski definition) is 1. The summed E-state index contributed by atoms with van der Waals surface area (Å²) in [5.41, 5.74) is 0. The average Bonchev–Trinajstić information content (AvgIpc) is 3.39. The van der Waals surface area contributed by atoms with Crippen molar-refractivity contribution >= 4 is 19.8 Å². The molecular weight excluding hydrogens is 978 g/mol. The highest BCUT2D eigenvalue weighted by molar-refractivity contribution is 7.47. The van der Waals surface area contributed by atoms with Crippen molar-refractivity contribution in [1.29, 1.82) is 0 Å². The lowest BCUT2D eigenvalue weighted by atomic mass is 10.0. The summed E-state index contributed by atoms with van der Waals surface area (Å²) < 4.78 is 34.5. The molecule has 0 amide bonds. The van der Waals surface area contributed by atoms with E-state index in [2.05, 4.69) is 98.9 Å². The zero-order chi connectivity index (χ0) is 56.3. The molecule has 0 aromatic carbocycles. The first-order chi connectivity index (χ1) is 37.5. The Labute approximate surface area is 475 Å². The van der Waals surface area contributed by atoms with Crippen LogP contribution >= 0.6 is 7.82 Å². The van der Waals surface area contributed by atoms with Crippen LogP contribution < -0.4 is 0 Å². The molecule has 9 nitrogen and oxygen atoms in total. The molecule has 0 saturated heterocycles. The lowest BCUT2D eigenvalue weighted by Gasteiger charge is -2.24. The number of carbonyl (C=O) groups excluding carboxylic acids is 2. The Kier molecular flexibility index (Phi) is 55.8. The normalized spacial score (nSPS) is 13.8. The molecule has 0 radical (unpaired) electrons. The number of unbranched alkanes of at least 4 members (excludes halogenated alkanes) is 30. The number of allylic oxidation sites excluding steroid dienone is 14. The van der Waals surface area contributed by atoms with E-state index in [0.717, 1.165) is 64.2 Å². The van der Waals surface area contributed by atoms with Gasteiger partial charge in [-0.1, -0.05) is 285 Å². The molecule has 0 aromatic rings. The number of ether oxygens (including phenoxy) is 2. The van der Waals surface area contributed by atoms with Gasteiger partial charge < -0.3 is 18.9 Å². The van der Waals surface area contributed by atoms with E-state index in [1.54, 1.807) is 0 Å².